The molecule has 3 aromatic carbocycles. The van der Waals surface area contributed by atoms with Gasteiger partial charge >= 0.3 is 5.97 Å². The van der Waals surface area contributed by atoms with Crippen molar-refractivity contribution in [2.75, 3.05) is 6.61 Å². The molecule has 0 spiro atoms. The van der Waals surface area contributed by atoms with Crippen molar-refractivity contribution in [1.82, 2.24) is 4.57 Å². The van der Waals surface area contributed by atoms with Crippen LogP contribution in [-0.4, -0.2) is 17.1 Å². The Bertz CT molecular complexity index is 1750. The van der Waals surface area contributed by atoms with E-state index in [-0.39, 0.29) is 12.2 Å². The molecule has 1 atom stereocenters. The lowest BCUT2D eigenvalue weighted by molar-refractivity contribution is -0.139. The van der Waals surface area contributed by atoms with E-state index >= 15 is 0 Å². The van der Waals surface area contributed by atoms with Crippen molar-refractivity contribution >= 4 is 23.4 Å². The molecule has 1 unspecified atom stereocenters. The van der Waals surface area contributed by atoms with Crippen LogP contribution in [0.15, 0.2) is 99.9 Å². The van der Waals surface area contributed by atoms with Gasteiger partial charge in [0, 0.05) is 0 Å². The predicted octanol–water partition coefficient (Wildman–Crippen LogP) is 6.28. The summed E-state index contributed by atoms with van der Waals surface area (Å²) in [7, 11) is 0. The molecule has 0 aliphatic carbocycles. The molecule has 6 nitrogen and oxygen atoms in total. The van der Waals surface area contributed by atoms with Crippen molar-refractivity contribution in [3.63, 3.8) is 0 Å². The average Bonchev–Trinajstić information content (AvgIpc) is 3.31. The molecule has 2 heterocycles. The SMILES string of the molecule is CCCC1=C(C(=O)OCC)C(c2ccc(C(C)C)cc2)n2c(s/c(=C\c3ccc(OCc4ccccc4)cc3)c2=O)=N1. The fraction of sp³-hybridized carbons (Fsp3) is 0.286. The molecule has 42 heavy (non-hydrogen) atoms. The summed E-state index contributed by atoms with van der Waals surface area (Å²) in [4.78, 5) is 32.8. The first-order chi connectivity index (χ1) is 20.4. The number of allylic oxidation sites excluding steroid dienone is 1. The van der Waals surface area contributed by atoms with E-state index in [4.69, 9.17) is 14.5 Å². The Morgan fingerprint density at radius 3 is 2.36 bits per heavy atom. The van der Waals surface area contributed by atoms with Crippen LogP contribution in [0.2, 0.25) is 0 Å². The van der Waals surface area contributed by atoms with Gasteiger partial charge in [-0.1, -0.05) is 105 Å². The number of carbonyl (C=O) groups is 1. The van der Waals surface area contributed by atoms with Gasteiger partial charge in [0.05, 0.1) is 28.5 Å². The zero-order chi connectivity index (χ0) is 29.6. The van der Waals surface area contributed by atoms with E-state index in [2.05, 4.69) is 32.9 Å². The molecule has 1 aliphatic rings. The molecule has 0 bridgehead atoms. The first-order valence-corrected chi connectivity index (χ1v) is 15.3. The van der Waals surface area contributed by atoms with Crippen molar-refractivity contribution < 1.29 is 14.3 Å². The smallest absolute Gasteiger partial charge is 0.338 e. The molecule has 7 heteroatoms. The van der Waals surface area contributed by atoms with E-state index in [1.54, 1.807) is 11.5 Å². The largest absolute Gasteiger partial charge is 0.489 e. The number of rotatable bonds is 10. The molecule has 5 rings (SSSR count). The van der Waals surface area contributed by atoms with E-state index in [1.807, 2.05) is 72.8 Å². The van der Waals surface area contributed by atoms with Gasteiger partial charge in [-0.3, -0.25) is 9.36 Å². The molecule has 1 aromatic heterocycles. The van der Waals surface area contributed by atoms with Gasteiger partial charge in [-0.25, -0.2) is 9.79 Å². The molecule has 0 saturated carbocycles. The molecular weight excluding hydrogens is 544 g/mol. The summed E-state index contributed by atoms with van der Waals surface area (Å²) < 4.78 is 13.6. The second-order valence-electron chi connectivity index (χ2n) is 10.6. The lowest BCUT2D eigenvalue weighted by atomic mass is 9.92. The number of hydrogen-bond acceptors (Lipinski definition) is 6. The highest BCUT2D eigenvalue weighted by Crippen LogP contribution is 2.33. The minimum Gasteiger partial charge on any atom is -0.489 e. The maximum Gasteiger partial charge on any atom is 0.338 e. The van der Waals surface area contributed by atoms with Crippen LogP contribution in [0.5, 0.6) is 5.75 Å². The summed E-state index contributed by atoms with van der Waals surface area (Å²) in [6.45, 7) is 8.86. The average molecular weight is 581 g/mol. The van der Waals surface area contributed by atoms with Gasteiger partial charge in [-0.15, -0.1) is 0 Å². The Labute approximate surface area is 250 Å². The molecule has 0 amide bonds. The fourth-order valence-corrected chi connectivity index (χ4v) is 6.07. The van der Waals surface area contributed by atoms with Gasteiger partial charge in [-0.2, -0.15) is 0 Å². The van der Waals surface area contributed by atoms with E-state index in [0.29, 0.717) is 39.5 Å². The molecule has 216 valence electrons. The van der Waals surface area contributed by atoms with Gasteiger partial charge < -0.3 is 9.47 Å². The third-order valence-corrected chi connectivity index (χ3v) is 8.22. The van der Waals surface area contributed by atoms with Crippen LogP contribution in [0.25, 0.3) is 6.08 Å². The van der Waals surface area contributed by atoms with Crippen LogP contribution >= 0.6 is 11.3 Å². The number of fused-ring (bicyclic) bond motifs is 1. The van der Waals surface area contributed by atoms with Gasteiger partial charge in [0.1, 0.15) is 12.4 Å². The third-order valence-electron chi connectivity index (χ3n) is 7.24. The molecular formula is C35H36N2O4S. The molecule has 0 saturated heterocycles. The quantitative estimate of drug-likeness (QED) is 0.207. The van der Waals surface area contributed by atoms with Crippen molar-refractivity contribution in [3.8, 4) is 5.75 Å². The van der Waals surface area contributed by atoms with E-state index in [0.717, 1.165) is 28.9 Å². The first kappa shape index (κ1) is 29.3. The number of aromatic nitrogens is 1. The molecule has 0 radical (unpaired) electrons. The fourth-order valence-electron chi connectivity index (χ4n) is 5.05. The first-order valence-electron chi connectivity index (χ1n) is 14.5. The minimum absolute atomic E-state index is 0.182. The van der Waals surface area contributed by atoms with Crippen molar-refractivity contribution in [2.24, 2.45) is 4.99 Å². The monoisotopic (exact) mass is 580 g/mol. The summed E-state index contributed by atoms with van der Waals surface area (Å²) in [5.74, 6) is 0.695. The summed E-state index contributed by atoms with van der Waals surface area (Å²) in [6.07, 6.45) is 3.30. The minimum atomic E-state index is -0.612. The number of thiazole rings is 1. The zero-order valence-electron chi connectivity index (χ0n) is 24.5. The summed E-state index contributed by atoms with van der Waals surface area (Å²) >= 11 is 1.34. The number of carbonyl (C=O) groups excluding carboxylic acids is 1. The van der Waals surface area contributed by atoms with Gasteiger partial charge in [0.2, 0.25) is 0 Å². The van der Waals surface area contributed by atoms with E-state index in [9.17, 15) is 9.59 Å². The standard InChI is InChI=1S/C35H36N2O4S/c1-5-10-29-31(34(39)40-6-2)32(27-17-15-26(16-18-27)23(3)4)37-33(38)30(42-35(37)36-29)21-24-13-19-28(20-14-24)41-22-25-11-8-7-9-12-25/h7-9,11-21,23,32H,5-6,10,22H2,1-4H3/b30-21-. The highest BCUT2D eigenvalue weighted by molar-refractivity contribution is 7.07. The molecule has 0 fully saturated rings. The maximum absolute atomic E-state index is 14.0. The van der Waals surface area contributed by atoms with Crippen LogP contribution in [0.1, 0.15) is 74.8 Å². The van der Waals surface area contributed by atoms with Crippen molar-refractivity contribution in [1.29, 1.82) is 0 Å². The number of ether oxygens (including phenoxy) is 2. The molecule has 4 aromatic rings. The predicted molar refractivity (Wildman–Crippen MR) is 167 cm³/mol. The normalized spacial score (nSPS) is 15.0. The van der Waals surface area contributed by atoms with Gasteiger partial charge in [0.25, 0.3) is 5.56 Å². The summed E-state index contributed by atoms with van der Waals surface area (Å²) in [5, 5.41) is 0. The Morgan fingerprint density at radius 2 is 1.71 bits per heavy atom. The molecule has 1 aliphatic heterocycles. The lowest BCUT2D eigenvalue weighted by Gasteiger charge is -2.26. The van der Waals surface area contributed by atoms with Gasteiger partial charge in [0.15, 0.2) is 4.80 Å². The third kappa shape index (κ3) is 6.31. The number of esters is 1. The van der Waals surface area contributed by atoms with Crippen LogP contribution in [0, 0.1) is 0 Å². The van der Waals surface area contributed by atoms with Crippen LogP contribution < -0.4 is 19.6 Å². The number of hydrogen-bond donors (Lipinski definition) is 0. The summed E-state index contributed by atoms with van der Waals surface area (Å²) in [6, 6.07) is 25.3. The lowest BCUT2D eigenvalue weighted by Crippen LogP contribution is -2.40. The highest BCUT2D eigenvalue weighted by atomic mass is 32.1. The van der Waals surface area contributed by atoms with Crippen LogP contribution in [0.3, 0.4) is 0 Å². The topological polar surface area (TPSA) is 69.9 Å². The van der Waals surface area contributed by atoms with E-state index < -0.39 is 12.0 Å². The Balaban J connectivity index is 1.55. The molecule has 0 N–H and O–H groups in total. The Morgan fingerprint density at radius 1 is 1.00 bits per heavy atom. The second-order valence-corrected chi connectivity index (χ2v) is 11.6. The van der Waals surface area contributed by atoms with E-state index in [1.165, 1.54) is 16.9 Å². The number of benzene rings is 3. The Hall–Kier alpha value is -4.23. The maximum atomic E-state index is 14.0. The van der Waals surface area contributed by atoms with Crippen LogP contribution in [-0.2, 0) is 16.1 Å². The second kappa shape index (κ2) is 13.2. The van der Waals surface area contributed by atoms with Gasteiger partial charge in [-0.05, 0) is 59.7 Å². The Kier molecular flexibility index (Phi) is 9.18. The number of nitrogens with zero attached hydrogens (tertiary/aromatic N) is 2. The highest BCUT2D eigenvalue weighted by Gasteiger charge is 2.34. The zero-order valence-corrected chi connectivity index (χ0v) is 25.3. The van der Waals surface area contributed by atoms with Crippen molar-refractivity contribution in [3.05, 3.63) is 132 Å². The summed E-state index contributed by atoms with van der Waals surface area (Å²) in [5.41, 5.74) is 4.97. The van der Waals surface area contributed by atoms with Crippen molar-refractivity contribution in [2.45, 2.75) is 59.1 Å². The van der Waals surface area contributed by atoms with Crippen LogP contribution in [0.4, 0.5) is 0 Å².